The Hall–Kier alpha value is -0.850. The molecular formula is C15H25N3O3. The van der Waals surface area contributed by atoms with E-state index in [-0.39, 0.29) is 24.0 Å². The summed E-state index contributed by atoms with van der Waals surface area (Å²) < 4.78 is 5.20. The molecule has 0 radical (unpaired) electrons. The van der Waals surface area contributed by atoms with Crippen molar-refractivity contribution in [2.24, 2.45) is 17.8 Å². The summed E-state index contributed by atoms with van der Waals surface area (Å²) >= 11 is 0. The van der Waals surface area contributed by atoms with Gasteiger partial charge in [-0.2, -0.15) is 5.48 Å². The zero-order chi connectivity index (χ0) is 14.4. The molecule has 21 heavy (non-hydrogen) atoms. The van der Waals surface area contributed by atoms with E-state index in [9.17, 15) is 4.79 Å². The van der Waals surface area contributed by atoms with Crippen molar-refractivity contribution < 1.29 is 14.4 Å². The molecule has 118 valence electrons. The Morgan fingerprint density at radius 3 is 2.90 bits per heavy atom. The van der Waals surface area contributed by atoms with Crippen molar-refractivity contribution in [1.82, 2.24) is 16.1 Å². The molecule has 4 aliphatic rings. The molecule has 1 amide bonds. The van der Waals surface area contributed by atoms with Crippen molar-refractivity contribution in [2.75, 3.05) is 6.61 Å². The highest BCUT2D eigenvalue weighted by atomic mass is 16.7. The van der Waals surface area contributed by atoms with Crippen LogP contribution in [0.15, 0.2) is 0 Å². The van der Waals surface area contributed by atoms with E-state index in [1.807, 2.05) is 0 Å². The summed E-state index contributed by atoms with van der Waals surface area (Å²) in [5, 5.41) is 6.64. The van der Waals surface area contributed by atoms with Crippen LogP contribution in [0, 0.1) is 17.8 Å². The fourth-order valence-corrected chi connectivity index (χ4v) is 4.94. The number of alkyl carbamates (subject to hydrolysis) is 1. The molecule has 2 aliphatic carbocycles. The van der Waals surface area contributed by atoms with Gasteiger partial charge in [0.2, 0.25) is 0 Å². The van der Waals surface area contributed by atoms with Gasteiger partial charge in [0.15, 0.2) is 0 Å². The van der Waals surface area contributed by atoms with Gasteiger partial charge in [0, 0.05) is 0 Å². The molecule has 2 saturated heterocycles. The van der Waals surface area contributed by atoms with E-state index < -0.39 is 0 Å². The summed E-state index contributed by atoms with van der Waals surface area (Å²) in [7, 11) is 0. The first-order valence-electron chi connectivity index (χ1n) is 8.32. The molecule has 2 saturated carbocycles. The molecule has 6 atom stereocenters. The predicted molar refractivity (Wildman–Crippen MR) is 76.0 cm³/mol. The number of hydroxylamine groups is 1. The number of ether oxygens (including phenoxy) is 1. The van der Waals surface area contributed by atoms with Gasteiger partial charge in [-0.1, -0.05) is 6.92 Å². The Morgan fingerprint density at radius 1 is 1.29 bits per heavy atom. The van der Waals surface area contributed by atoms with Gasteiger partial charge in [0.05, 0.1) is 11.7 Å². The highest BCUT2D eigenvalue weighted by Crippen LogP contribution is 2.51. The van der Waals surface area contributed by atoms with Crippen LogP contribution in [0.4, 0.5) is 4.79 Å². The topological polar surface area (TPSA) is 71.6 Å². The minimum absolute atomic E-state index is 0.0638. The molecule has 6 unspecified atom stereocenters. The van der Waals surface area contributed by atoms with Gasteiger partial charge in [0.25, 0.3) is 0 Å². The highest BCUT2D eigenvalue weighted by Gasteiger charge is 2.55. The van der Waals surface area contributed by atoms with E-state index in [2.05, 4.69) is 23.0 Å². The quantitative estimate of drug-likeness (QED) is 0.720. The first-order chi connectivity index (χ1) is 10.2. The largest absolute Gasteiger partial charge is 0.447 e. The van der Waals surface area contributed by atoms with Crippen LogP contribution in [-0.4, -0.2) is 30.6 Å². The lowest BCUT2D eigenvalue weighted by Gasteiger charge is -2.39. The van der Waals surface area contributed by atoms with Crippen molar-refractivity contribution in [1.29, 1.82) is 0 Å². The Balaban J connectivity index is 1.40. The molecule has 0 aromatic heterocycles. The smallest absolute Gasteiger partial charge is 0.407 e. The number of hydrogen-bond donors (Lipinski definition) is 3. The number of hydrogen-bond acceptors (Lipinski definition) is 5. The molecule has 4 fully saturated rings. The van der Waals surface area contributed by atoms with Crippen LogP contribution in [0.5, 0.6) is 0 Å². The Labute approximate surface area is 125 Å². The summed E-state index contributed by atoms with van der Waals surface area (Å²) in [5.74, 6) is 1.91. The van der Waals surface area contributed by atoms with Gasteiger partial charge in [-0.15, -0.1) is 0 Å². The maximum atomic E-state index is 11.5. The number of cyclic esters (lactones) is 1. The molecule has 6 nitrogen and oxygen atoms in total. The third kappa shape index (κ3) is 2.24. The highest BCUT2D eigenvalue weighted by molar-refractivity contribution is 5.71. The summed E-state index contributed by atoms with van der Waals surface area (Å²) in [6.45, 7) is 2.70. The van der Waals surface area contributed by atoms with Gasteiger partial charge in [0.1, 0.15) is 12.8 Å². The Morgan fingerprint density at radius 2 is 2.19 bits per heavy atom. The fraction of sp³-hybridized carbons (Fsp3) is 0.933. The molecule has 0 aromatic rings. The lowest BCUT2D eigenvalue weighted by Crippen LogP contribution is -2.50. The third-order valence-corrected chi connectivity index (χ3v) is 6.05. The second kappa shape index (κ2) is 5.11. The molecule has 0 bridgehead atoms. The first-order valence-corrected chi connectivity index (χ1v) is 8.32. The second-order valence-corrected chi connectivity index (χ2v) is 7.11. The standard InChI is InChI=1S/C15H25N3O3/c1-2-12-16-13(18-21-12)10-3-4-11-9(7-10)5-6-15(11)8-20-14(19)17-15/h9-13,16,18H,2-8H2,1H3,(H,17,19). The molecular weight excluding hydrogens is 270 g/mol. The average Bonchev–Trinajstić information content (AvgIpc) is 3.19. The predicted octanol–water partition coefficient (Wildman–Crippen LogP) is 1.48. The molecule has 3 N–H and O–H groups in total. The zero-order valence-corrected chi connectivity index (χ0v) is 12.6. The number of carbonyl (C=O) groups excluding carboxylic acids is 1. The minimum Gasteiger partial charge on any atom is -0.447 e. The molecule has 2 aliphatic heterocycles. The number of carbonyl (C=O) groups is 1. The fourth-order valence-electron chi connectivity index (χ4n) is 4.94. The summed E-state index contributed by atoms with van der Waals surface area (Å²) in [4.78, 5) is 17.0. The van der Waals surface area contributed by atoms with E-state index in [0.29, 0.717) is 24.4 Å². The van der Waals surface area contributed by atoms with E-state index in [4.69, 9.17) is 9.57 Å². The average molecular weight is 295 g/mol. The lowest BCUT2D eigenvalue weighted by atomic mass is 9.70. The van der Waals surface area contributed by atoms with Crippen molar-refractivity contribution in [3.8, 4) is 0 Å². The van der Waals surface area contributed by atoms with Gasteiger partial charge in [-0.3, -0.25) is 10.2 Å². The van der Waals surface area contributed by atoms with E-state index in [1.165, 1.54) is 25.7 Å². The van der Waals surface area contributed by atoms with Crippen LogP contribution in [0.2, 0.25) is 0 Å². The number of fused-ring (bicyclic) bond motifs is 2. The van der Waals surface area contributed by atoms with Crippen LogP contribution in [0.25, 0.3) is 0 Å². The van der Waals surface area contributed by atoms with E-state index >= 15 is 0 Å². The van der Waals surface area contributed by atoms with Crippen LogP contribution < -0.4 is 16.1 Å². The van der Waals surface area contributed by atoms with Crippen molar-refractivity contribution in [2.45, 2.75) is 63.4 Å². The van der Waals surface area contributed by atoms with Crippen LogP contribution in [0.1, 0.15) is 45.4 Å². The van der Waals surface area contributed by atoms with Crippen LogP contribution >= 0.6 is 0 Å². The number of nitrogens with one attached hydrogen (secondary N) is 3. The monoisotopic (exact) mass is 295 g/mol. The molecule has 6 heteroatoms. The van der Waals surface area contributed by atoms with Crippen molar-refractivity contribution >= 4 is 6.09 Å². The summed E-state index contributed by atoms with van der Waals surface area (Å²) in [6.07, 6.45) is 7.03. The summed E-state index contributed by atoms with van der Waals surface area (Å²) in [6, 6.07) is 0. The Kier molecular flexibility index (Phi) is 3.35. The van der Waals surface area contributed by atoms with Crippen LogP contribution in [0.3, 0.4) is 0 Å². The van der Waals surface area contributed by atoms with E-state index in [0.717, 1.165) is 12.8 Å². The molecule has 1 spiro atoms. The third-order valence-electron chi connectivity index (χ3n) is 6.05. The molecule has 0 aromatic carbocycles. The summed E-state index contributed by atoms with van der Waals surface area (Å²) in [5.41, 5.74) is 3.11. The zero-order valence-electron chi connectivity index (χ0n) is 12.6. The van der Waals surface area contributed by atoms with Crippen LogP contribution in [-0.2, 0) is 9.57 Å². The second-order valence-electron chi connectivity index (χ2n) is 7.11. The SMILES string of the molecule is CCC1NC(C2CCC3C(CCC34COC(=O)N4)C2)NO1. The van der Waals surface area contributed by atoms with Crippen molar-refractivity contribution in [3.63, 3.8) is 0 Å². The first kappa shape index (κ1) is 13.8. The van der Waals surface area contributed by atoms with Gasteiger partial charge in [-0.05, 0) is 56.3 Å². The normalized spacial score (nSPS) is 49.2. The van der Waals surface area contributed by atoms with Gasteiger partial charge >= 0.3 is 6.09 Å². The maximum Gasteiger partial charge on any atom is 0.407 e. The number of rotatable bonds is 2. The van der Waals surface area contributed by atoms with Gasteiger partial charge in [-0.25, -0.2) is 4.79 Å². The Bertz CT molecular complexity index is 432. The van der Waals surface area contributed by atoms with Crippen molar-refractivity contribution in [3.05, 3.63) is 0 Å². The molecule has 2 heterocycles. The van der Waals surface area contributed by atoms with Gasteiger partial charge < -0.3 is 10.1 Å². The maximum absolute atomic E-state index is 11.5. The number of amides is 1. The minimum atomic E-state index is -0.226. The van der Waals surface area contributed by atoms with E-state index in [1.54, 1.807) is 0 Å². The lowest BCUT2D eigenvalue weighted by molar-refractivity contribution is 0.0115. The molecule has 4 rings (SSSR count).